The Morgan fingerprint density at radius 3 is 2.38 bits per heavy atom. The highest BCUT2D eigenvalue weighted by Crippen LogP contribution is 2.69. The summed E-state index contributed by atoms with van der Waals surface area (Å²) in [5.41, 5.74) is -1.02. The molecular formula is C18H29F2N3O3. The molecule has 1 aliphatic carbocycles. The normalized spacial score (nSPS) is 36.3. The van der Waals surface area contributed by atoms with Gasteiger partial charge in [-0.25, -0.2) is 13.6 Å². The maximum absolute atomic E-state index is 13.9. The highest BCUT2D eigenvalue weighted by molar-refractivity contribution is 5.74. The number of rotatable bonds is 3. The van der Waals surface area contributed by atoms with Gasteiger partial charge in [-0.2, -0.15) is 0 Å². The van der Waals surface area contributed by atoms with Crippen LogP contribution in [0.15, 0.2) is 0 Å². The first-order valence-electron chi connectivity index (χ1n) is 9.70. The Kier molecular flexibility index (Phi) is 4.64. The van der Waals surface area contributed by atoms with Crippen LogP contribution in [0.1, 0.15) is 26.2 Å². The molecular weight excluding hydrogens is 344 g/mol. The van der Waals surface area contributed by atoms with Crippen molar-refractivity contribution in [1.29, 1.82) is 0 Å². The minimum absolute atomic E-state index is 0.120. The maximum Gasteiger partial charge on any atom is 0.317 e. The van der Waals surface area contributed by atoms with Crippen LogP contribution in [0, 0.1) is 11.3 Å². The molecule has 2 unspecified atom stereocenters. The molecule has 3 heterocycles. The molecule has 1 N–H and O–H groups in total. The number of piperidine rings is 1. The molecule has 3 aliphatic heterocycles. The second-order valence-electron chi connectivity index (χ2n) is 8.38. The largest absolute Gasteiger partial charge is 0.381 e. The number of ether oxygens (including phenoxy) is 2. The Balaban J connectivity index is 1.36. The molecule has 4 aliphatic rings. The smallest absolute Gasteiger partial charge is 0.317 e. The van der Waals surface area contributed by atoms with Crippen molar-refractivity contribution in [3.05, 3.63) is 0 Å². The third-order valence-electron chi connectivity index (χ3n) is 7.15. The summed E-state index contributed by atoms with van der Waals surface area (Å²) >= 11 is 0. The van der Waals surface area contributed by atoms with E-state index in [4.69, 9.17) is 9.47 Å². The quantitative estimate of drug-likeness (QED) is 0.816. The molecule has 0 aromatic carbocycles. The molecule has 0 spiro atoms. The van der Waals surface area contributed by atoms with Crippen molar-refractivity contribution in [2.75, 3.05) is 59.2 Å². The Morgan fingerprint density at radius 2 is 1.73 bits per heavy atom. The first-order valence-corrected chi connectivity index (χ1v) is 9.70. The second kappa shape index (κ2) is 6.56. The first kappa shape index (κ1) is 18.4. The van der Waals surface area contributed by atoms with Crippen molar-refractivity contribution in [3.63, 3.8) is 0 Å². The summed E-state index contributed by atoms with van der Waals surface area (Å²) in [5, 5.41) is 3.04. The maximum atomic E-state index is 13.9. The third kappa shape index (κ3) is 2.90. The van der Waals surface area contributed by atoms with E-state index in [0.717, 1.165) is 25.9 Å². The number of amides is 2. The van der Waals surface area contributed by atoms with Crippen LogP contribution >= 0.6 is 0 Å². The number of likely N-dealkylation sites (tertiary alicyclic amines) is 1. The molecule has 26 heavy (non-hydrogen) atoms. The average molecular weight is 373 g/mol. The second-order valence-corrected chi connectivity index (χ2v) is 8.38. The van der Waals surface area contributed by atoms with Crippen LogP contribution in [0.25, 0.3) is 0 Å². The van der Waals surface area contributed by atoms with Crippen LogP contribution in [0.2, 0.25) is 0 Å². The summed E-state index contributed by atoms with van der Waals surface area (Å²) < 4.78 is 38.8. The van der Waals surface area contributed by atoms with Gasteiger partial charge in [-0.1, -0.05) is 6.92 Å². The lowest BCUT2D eigenvalue weighted by Gasteiger charge is -2.48. The van der Waals surface area contributed by atoms with Crippen LogP contribution in [0.5, 0.6) is 0 Å². The summed E-state index contributed by atoms with van der Waals surface area (Å²) in [7, 11) is 0. The molecule has 4 fully saturated rings. The van der Waals surface area contributed by atoms with Gasteiger partial charge in [-0.05, 0) is 19.3 Å². The van der Waals surface area contributed by atoms with Crippen LogP contribution in [0.4, 0.5) is 13.6 Å². The SMILES string of the molecule is CC12CCN(C(=O)NCC3(N4CCOCC4)CCOCC3)CC1C2(F)F. The molecule has 8 heteroatoms. The molecule has 0 aromatic heterocycles. The number of fused-ring (bicyclic) bond motifs is 1. The topological polar surface area (TPSA) is 54.0 Å². The number of carbonyl (C=O) groups is 1. The number of nitrogens with one attached hydrogen (secondary N) is 1. The number of alkyl halides is 2. The predicted molar refractivity (Wildman–Crippen MR) is 91.3 cm³/mol. The van der Waals surface area contributed by atoms with E-state index in [-0.39, 0.29) is 18.1 Å². The van der Waals surface area contributed by atoms with Gasteiger partial charge < -0.3 is 19.7 Å². The zero-order valence-corrected chi connectivity index (χ0v) is 15.4. The monoisotopic (exact) mass is 373 g/mol. The molecule has 4 rings (SSSR count). The molecule has 1 saturated carbocycles. The van der Waals surface area contributed by atoms with Crippen molar-refractivity contribution < 1.29 is 23.0 Å². The number of hydrogen-bond donors (Lipinski definition) is 1. The molecule has 0 radical (unpaired) electrons. The fourth-order valence-electron chi connectivity index (χ4n) is 4.94. The molecule has 0 aromatic rings. The summed E-state index contributed by atoms with van der Waals surface area (Å²) in [6.45, 7) is 7.22. The molecule has 148 valence electrons. The van der Waals surface area contributed by atoms with Gasteiger partial charge in [0.1, 0.15) is 0 Å². The standard InChI is InChI=1S/C18H29F2N3O3/c1-16-2-5-22(12-14(16)18(16,19)20)15(24)21-13-17(3-8-25-9-4-17)23-6-10-26-11-7-23/h14H,2-13H2,1H3,(H,21,24). The fraction of sp³-hybridized carbons (Fsp3) is 0.944. The number of morpholine rings is 1. The summed E-state index contributed by atoms with van der Waals surface area (Å²) in [6, 6.07) is -0.214. The molecule has 0 bridgehead atoms. The van der Waals surface area contributed by atoms with Crippen LogP contribution in [-0.4, -0.2) is 86.4 Å². The van der Waals surface area contributed by atoms with Crippen molar-refractivity contribution in [3.8, 4) is 0 Å². The van der Waals surface area contributed by atoms with E-state index in [2.05, 4.69) is 10.2 Å². The van der Waals surface area contributed by atoms with Gasteiger partial charge in [-0.3, -0.25) is 4.90 Å². The lowest BCUT2D eigenvalue weighted by molar-refractivity contribution is -0.0693. The number of urea groups is 1. The van der Waals surface area contributed by atoms with E-state index in [1.807, 2.05) is 0 Å². The molecule has 2 atom stereocenters. The zero-order chi connectivity index (χ0) is 18.4. The Hall–Kier alpha value is -0.990. The van der Waals surface area contributed by atoms with Gasteiger partial charge in [0, 0.05) is 56.9 Å². The fourth-order valence-corrected chi connectivity index (χ4v) is 4.94. The van der Waals surface area contributed by atoms with Crippen molar-refractivity contribution in [1.82, 2.24) is 15.1 Å². The van der Waals surface area contributed by atoms with E-state index in [1.165, 1.54) is 0 Å². The highest BCUT2D eigenvalue weighted by atomic mass is 19.3. The predicted octanol–water partition coefficient (Wildman–Crippen LogP) is 1.55. The van der Waals surface area contributed by atoms with Crippen molar-refractivity contribution in [2.24, 2.45) is 11.3 Å². The average Bonchev–Trinajstić information content (AvgIpc) is 3.13. The first-order chi connectivity index (χ1) is 12.4. The van der Waals surface area contributed by atoms with E-state index >= 15 is 0 Å². The Morgan fingerprint density at radius 1 is 1.08 bits per heavy atom. The summed E-state index contributed by atoms with van der Waals surface area (Å²) in [4.78, 5) is 16.6. The minimum atomic E-state index is -2.63. The zero-order valence-electron chi connectivity index (χ0n) is 15.4. The number of halogens is 2. The van der Waals surface area contributed by atoms with E-state index in [9.17, 15) is 13.6 Å². The summed E-state index contributed by atoms with van der Waals surface area (Å²) in [5.74, 6) is -3.32. The number of carbonyl (C=O) groups excluding carboxylic acids is 1. The van der Waals surface area contributed by atoms with Crippen LogP contribution < -0.4 is 5.32 Å². The van der Waals surface area contributed by atoms with Crippen LogP contribution in [-0.2, 0) is 9.47 Å². The lowest BCUT2D eigenvalue weighted by Crippen LogP contribution is -2.62. The van der Waals surface area contributed by atoms with Gasteiger partial charge in [0.15, 0.2) is 0 Å². The van der Waals surface area contributed by atoms with Gasteiger partial charge in [0.05, 0.1) is 19.1 Å². The molecule has 2 amide bonds. The van der Waals surface area contributed by atoms with Gasteiger partial charge in [0.2, 0.25) is 0 Å². The Labute approximate surface area is 153 Å². The van der Waals surface area contributed by atoms with E-state index in [0.29, 0.717) is 45.9 Å². The molecule has 6 nitrogen and oxygen atoms in total. The van der Waals surface area contributed by atoms with Crippen molar-refractivity contribution in [2.45, 2.75) is 37.6 Å². The Bertz CT molecular complexity index is 550. The highest BCUT2D eigenvalue weighted by Gasteiger charge is 2.78. The van der Waals surface area contributed by atoms with Gasteiger partial charge in [-0.15, -0.1) is 0 Å². The lowest BCUT2D eigenvalue weighted by atomic mass is 9.87. The van der Waals surface area contributed by atoms with Gasteiger partial charge >= 0.3 is 6.03 Å². The minimum Gasteiger partial charge on any atom is -0.381 e. The third-order valence-corrected chi connectivity index (χ3v) is 7.15. The summed E-state index contributed by atoms with van der Waals surface area (Å²) in [6.07, 6.45) is 2.11. The van der Waals surface area contributed by atoms with E-state index < -0.39 is 17.3 Å². The number of hydrogen-bond acceptors (Lipinski definition) is 4. The van der Waals surface area contributed by atoms with Crippen molar-refractivity contribution >= 4 is 6.03 Å². The van der Waals surface area contributed by atoms with Crippen LogP contribution in [0.3, 0.4) is 0 Å². The van der Waals surface area contributed by atoms with E-state index in [1.54, 1.807) is 11.8 Å². The number of nitrogens with zero attached hydrogens (tertiary/aromatic N) is 2. The van der Waals surface area contributed by atoms with Gasteiger partial charge in [0.25, 0.3) is 5.92 Å². The molecule has 3 saturated heterocycles.